The first-order chi connectivity index (χ1) is 9.29. The van der Waals surface area contributed by atoms with Crippen molar-refractivity contribution < 1.29 is 9.13 Å². The number of benzene rings is 1. The van der Waals surface area contributed by atoms with Crippen molar-refractivity contribution in [1.29, 1.82) is 0 Å². The van der Waals surface area contributed by atoms with E-state index in [2.05, 4.69) is 12.2 Å². The number of hydrogen-bond donors (Lipinski definition) is 1. The van der Waals surface area contributed by atoms with Crippen molar-refractivity contribution in [3.8, 4) is 5.75 Å². The van der Waals surface area contributed by atoms with Crippen molar-refractivity contribution in [2.45, 2.75) is 57.6 Å². The third-order valence-corrected chi connectivity index (χ3v) is 3.69. The van der Waals surface area contributed by atoms with Crippen LogP contribution in [0.25, 0.3) is 0 Å². The molecule has 1 N–H and O–H groups in total. The zero-order chi connectivity index (χ0) is 13.5. The van der Waals surface area contributed by atoms with Crippen LogP contribution in [0.1, 0.15) is 45.4 Å². The summed E-state index contributed by atoms with van der Waals surface area (Å²) in [4.78, 5) is 0. The Morgan fingerprint density at radius 1 is 1.26 bits per heavy atom. The van der Waals surface area contributed by atoms with Gasteiger partial charge in [0.2, 0.25) is 0 Å². The molecule has 2 rings (SSSR count). The van der Waals surface area contributed by atoms with Gasteiger partial charge in [-0.15, -0.1) is 0 Å². The molecule has 0 radical (unpaired) electrons. The second-order valence-corrected chi connectivity index (χ2v) is 5.31. The minimum atomic E-state index is -0.232. The molecule has 1 aromatic rings. The predicted molar refractivity (Wildman–Crippen MR) is 76.0 cm³/mol. The standard InChI is InChI=1S/C16H24FNO/c1-2-11-18-15-9-4-3-5-10-16(15)19-14-8-6-7-13(17)12-14/h6-8,12,15-16,18H,2-5,9-11H2,1H3. The maximum absolute atomic E-state index is 13.2. The zero-order valence-electron chi connectivity index (χ0n) is 11.7. The van der Waals surface area contributed by atoms with Gasteiger partial charge in [-0.25, -0.2) is 4.39 Å². The molecule has 0 heterocycles. The first-order valence-corrected chi connectivity index (χ1v) is 7.45. The van der Waals surface area contributed by atoms with E-state index in [0.29, 0.717) is 11.8 Å². The Hall–Kier alpha value is -1.09. The Kier molecular flexibility index (Phi) is 5.64. The van der Waals surface area contributed by atoms with Crippen LogP contribution in [0.3, 0.4) is 0 Å². The van der Waals surface area contributed by atoms with Crippen molar-refractivity contribution in [2.24, 2.45) is 0 Å². The van der Waals surface area contributed by atoms with Crippen molar-refractivity contribution in [1.82, 2.24) is 5.32 Å². The molecule has 3 heteroatoms. The molecule has 0 bridgehead atoms. The summed E-state index contributed by atoms with van der Waals surface area (Å²) in [6, 6.07) is 6.86. The van der Waals surface area contributed by atoms with Gasteiger partial charge in [0.05, 0.1) is 0 Å². The third-order valence-electron chi connectivity index (χ3n) is 3.69. The van der Waals surface area contributed by atoms with Gasteiger partial charge in [-0.2, -0.15) is 0 Å². The lowest BCUT2D eigenvalue weighted by atomic mass is 10.1. The molecule has 2 nitrogen and oxygen atoms in total. The Morgan fingerprint density at radius 3 is 2.89 bits per heavy atom. The molecule has 2 atom stereocenters. The Labute approximate surface area is 115 Å². The summed E-state index contributed by atoms with van der Waals surface area (Å²) < 4.78 is 19.2. The fourth-order valence-electron chi connectivity index (χ4n) is 2.69. The quantitative estimate of drug-likeness (QED) is 0.815. The fourth-order valence-corrected chi connectivity index (χ4v) is 2.69. The van der Waals surface area contributed by atoms with Crippen LogP contribution in [0.15, 0.2) is 24.3 Å². The Balaban J connectivity index is 2.00. The Morgan fingerprint density at radius 2 is 2.11 bits per heavy atom. The van der Waals surface area contributed by atoms with E-state index in [1.54, 1.807) is 6.07 Å². The first kappa shape index (κ1) is 14.3. The largest absolute Gasteiger partial charge is 0.489 e. The summed E-state index contributed by atoms with van der Waals surface area (Å²) in [7, 11) is 0. The SMILES string of the molecule is CCCNC1CCCCCC1Oc1cccc(F)c1. The van der Waals surface area contributed by atoms with Gasteiger partial charge in [-0.1, -0.05) is 25.8 Å². The van der Waals surface area contributed by atoms with Crippen molar-refractivity contribution >= 4 is 0 Å². The van der Waals surface area contributed by atoms with Gasteiger partial charge in [0.15, 0.2) is 0 Å². The highest BCUT2D eigenvalue weighted by molar-refractivity contribution is 5.22. The van der Waals surface area contributed by atoms with E-state index < -0.39 is 0 Å². The molecule has 1 fully saturated rings. The van der Waals surface area contributed by atoms with E-state index in [-0.39, 0.29) is 11.9 Å². The van der Waals surface area contributed by atoms with E-state index in [0.717, 1.165) is 25.8 Å². The second-order valence-electron chi connectivity index (χ2n) is 5.31. The topological polar surface area (TPSA) is 21.3 Å². The molecule has 1 aliphatic carbocycles. The van der Waals surface area contributed by atoms with E-state index in [9.17, 15) is 4.39 Å². The highest BCUT2D eigenvalue weighted by atomic mass is 19.1. The maximum Gasteiger partial charge on any atom is 0.126 e. The highest BCUT2D eigenvalue weighted by Gasteiger charge is 2.24. The summed E-state index contributed by atoms with van der Waals surface area (Å²) in [5, 5.41) is 3.58. The smallest absolute Gasteiger partial charge is 0.126 e. The van der Waals surface area contributed by atoms with Crippen molar-refractivity contribution in [2.75, 3.05) is 6.54 Å². The summed E-state index contributed by atoms with van der Waals surface area (Å²) in [5.74, 6) is 0.416. The molecule has 1 aromatic carbocycles. The third kappa shape index (κ3) is 4.50. The van der Waals surface area contributed by atoms with Crippen LogP contribution in [0.2, 0.25) is 0 Å². The average molecular weight is 265 g/mol. The van der Waals surface area contributed by atoms with E-state index in [4.69, 9.17) is 4.74 Å². The number of halogens is 1. The van der Waals surface area contributed by atoms with E-state index in [1.165, 1.54) is 31.4 Å². The van der Waals surface area contributed by atoms with Gasteiger partial charge in [0.1, 0.15) is 17.7 Å². The van der Waals surface area contributed by atoms with Crippen molar-refractivity contribution in [3.05, 3.63) is 30.1 Å². The normalized spacial score (nSPS) is 23.9. The van der Waals surface area contributed by atoms with Crippen LogP contribution in [-0.2, 0) is 0 Å². The highest BCUT2D eigenvalue weighted by Crippen LogP contribution is 2.23. The molecule has 19 heavy (non-hydrogen) atoms. The van der Waals surface area contributed by atoms with Crippen LogP contribution in [0.4, 0.5) is 4.39 Å². The number of ether oxygens (including phenoxy) is 1. The zero-order valence-corrected chi connectivity index (χ0v) is 11.7. The van der Waals surface area contributed by atoms with E-state index >= 15 is 0 Å². The van der Waals surface area contributed by atoms with Crippen LogP contribution in [0.5, 0.6) is 5.75 Å². The molecule has 0 saturated heterocycles. The maximum atomic E-state index is 13.2. The number of hydrogen-bond acceptors (Lipinski definition) is 2. The lowest BCUT2D eigenvalue weighted by Crippen LogP contribution is -2.42. The first-order valence-electron chi connectivity index (χ1n) is 7.45. The van der Waals surface area contributed by atoms with Gasteiger partial charge in [0, 0.05) is 12.1 Å². The number of nitrogens with one attached hydrogen (secondary N) is 1. The van der Waals surface area contributed by atoms with Gasteiger partial charge in [0.25, 0.3) is 0 Å². The molecule has 0 spiro atoms. The molecular weight excluding hydrogens is 241 g/mol. The summed E-state index contributed by atoms with van der Waals surface area (Å²) >= 11 is 0. The molecule has 0 amide bonds. The molecule has 106 valence electrons. The molecule has 2 unspecified atom stereocenters. The predicted octanol–water partition coefficient (Wildman–Crippen LogP) is 3.91. The van der Waals surface area contributed by atoms with Crippen LogP contribution < -0.4 is 10.1 Å². The minimum absolute atomic E-state index is 0.163. The Bertz CT molecular complexity index is 383. The molecule has 0 aliphatic heterocycles. The molecular formula is C16H24FNO. The second kappa shape index (κ2) is 7.49. The number of rotatable bonds is 5. The van der Waals surface area contributed by atoms with E-state index in [1.807, 2.05) is 6.07 Å². The van der Waals surface area contributed by atoms with Gasteiger partial charge in [-0.05, 0) is 44.4 Å². The minimum Gasteiger partial charge on any atom is -0.489 e. The van der Waals surface area contributed by atoms with Gasteiger partial charge < -0.3 is 10.1 Å². The summed E-state index contributed by atoms with van der Waals surface area (Å²) in [6.45, 7) is 3.19. The van der Waals surface area contributed by atoms with Gasteiger partial charge in [-0.3, -0.25) is 0 Å². The summed E-state index contributed by atoms with van der Waals surface area (Å²) in [5.41, 5.74) is 0. The molecule has 0 aromatic heterocycles. The molecule has 1 saturated carbocycles. The lowest BCUT2D eigenvalue weighted by molar-refractivity contribution is 0.144. The average Bonchev–Trinajstić information content (AvgIpc) is 2.62. The van der Waals surface area contributed by atoms with Crippen LogP contribution in [0, 0.1) is 5.82 Å². The monoisotopic (exact) mass is 265 g/mol. The van der Waals surface area contributed by atoms with Crippen LogP contribution in [-0.4, -0.2) is 18.7 Å². The fraction of sp³-hybridized carbons (Fsp3) is 0.625. The summed E-state index contributed by atoms with van der Waals surface area (Å²) in [6.07, 6.45) is 7.22. The lowest BCUT2D eigenvalue weighted by Gasteiger charge is -2.27. The molecule has 1 aliphatic rings. The van der Waals surface area contributed by atoms with Crippen molar-refractivity contribution in [3.63, 3.8) is 0 Å². The van der Waals surface area contributed by atoms with Crippen LogP contribution >= 0.6 is 0 Å². The van der Waals surface area contributed by atoms with Gasteiger partial charge >= 0.3 is 0 Å².